The normalized spacial score (nSPS) is 18.5. The van der Waals surface area contributed by atoms with Gasteiger partial charge in [-0.25, -0.2) is 0 Å². The lowest BCUT2D eigenvalue weighted by molar-refractivity contribution is 0.531. The van der Waals surface area contributed by atoms with E-state index in [0.717, 1.165) is 52.9 Å². The molecule has 4 heteroatoms. The van der Waals surface area contributed by atoms with Crippen LogP contribution >= 0.6 is 0 Å². The third-order valence-electron chi connectivity index (χ3n) is 10.8. The van der Waals surface area contributed by atoms with E-state index >= 15 is 0 Å². The summed E-state index contributed by atoms with van der Waals surface area (Å²) < 4.78 is 0. The second-order valence-electron chi connectivity index (χ2n) is 14.4. The molecule has 0 amide bonds. The molecule has 0 saturated carbocycles. The van der Waals surface area contributed by atoms with Gasteiger partial charge >= 0.3 is 0 Å². The number of rotatable bonds is 11. The van der Waals surface area contributed by atoms with Crippen molar-refractivity contribution in [1.82, 2.24) is 0 Å². The molecule has 0 aromatic heterocycles. The van der Waals surface area contributed by atoms with E-state index in [-0.39, 0.29) is 0 Å². The highest BCUT2D eigenvalue weighted by Gasteiger charge is 2.43. The van der Waals surface area contributed by atoms with E-state index in [1.807, 2.05) is 40.8 Å². The van der Waals surface area contributed by atoms with Crippen molar-refractivity contribution >= 4 is 36.0 Å². The van der Waals surface area contributed by atoms with Crippen molar-refractivity contribution in [3.8, 4) is 11.1 Å². The lowest BCUT2D eigenvalue weighted by atomic mass is 9.59. The topological polar surface area (TPSA) is 62.8 Å². The molecule has 6 rings (SSSR count). The zero-order valence-electron chi connectivity index (χ0n) is 37.0. The van der Waals surface area contributed by atoms with Gasteiger partial charge in [-0.2, -0.15) is 0 Å². The fraction of sp³-hybridized carbons (Fsp3) is 0.214. The minimum atomic E-state index is -0.475. The van der Waals surface area contributed by atoms with Crippen LogP contribution < -0.4 is 11.1 Å². The zero-order valence-corrected chi connectivity index (χ0v) is 37.0. The van der Waals surface area contributed by atoms with Crippen molar-refractivity contribution in [3.63, 3.8) is 0 Å². The first-order valence-electron chi connectivity index (χ1n) is 20.8. The Morgan fingerprint density at radius 3 is 2.23 bits per heavy atom. The van der Waals surface area contributed by atoms with Gasteiger partial charge in [0.15, 0.2) is 0 Å². The Morgan fingerprint density at radius 1 is 0.917 bits per heavy atom. The highest BCUT2D eigenvalue weighted by molar-refractivity contribution is 6.04. The number of nitrogens with two attached hydrogens (primary N) is 1. The first-order chi connectivity index (χ1) is 29.2. The molecule has 0 bridgehead atoms. The van der Waals surface area contributed by atoms with E-state index < -0.39 is 5.41 Å². The second kappa shape index (κ2) is 24.4. The zero-order chi connectivity index (χ0) is 44.1. The Kier molecular flexibility index (Phi) is 19.5. The Hall–Kier alpha value is -6.52. The Morgan fingerprint density at radius 2 is 1.60 bits per heavy atom. The Balaban J connectivity index is 0.000000597. The maximum atomic E-state index is 6.32. The largest absolute Gasteiger partial charge is 0.405 e. The quantitative estimate of drug-likeness (QED) is 0.0902. The number of hydrogen-bond donors (Lipinski definition) is 2. The van der Waals surface area contributed by atoms with Crippen LogP contribution in [0.1, 0.15) is 76.5 Å². The van der Waals surface area contributed by atoms with Crippen LogP contribution in [0.4, 0.5) is 5.69 Å². The lowest BCUT2D eigenvalue weighted by Crippen LogP contribution is -2.35. The molecule has 4 nitrogen and oxygen atoms in total. The number of hydrogen-bond acceptors (Lipinski definition) is 4. The van der Waals surface area contributed by atoms with E-state index in [1.54, 1.807) is 24.4 Å². The molecule has 2 unspecified atom stereocenters. The Labute approximate surface area is 361 Å². The smallest absolute Gasteiger partial charge is 0.0635 e. The maximum absolute atomic E-state index is 6.32. The summed E-state index contributed by atoms with van der Waals surface area (Å²) in [6.07, 6.45) is 22.6. The van der Waals surface area contributed by atoms with Crippen LogP contribution in [-0.4, -0.2) is 27.0 Å². The van der Waals surface area contributed by atoms with E-state index in [2.05, 4.69) is 177 Å². The van der Waals surface area contributed by atoms with Gasteiger partial charge in [0.05, 0.1) is 12.0 Å². The van der Waals surface area contributed by atoms with Gasteiger partial charge in [-0.05, 0) is 139 Å². The van der Waals surface area contributed by atoms with Crippen LogP contribution in [-0.2, 0) is 5.41 Å². The molecule has 0 saturated heterocycles. The second-order valence-corrected chi connectivity index (χ2v) is 14.4. The number of benzene rings is 4. The molecule has 0 aliphatic heterocycles. The molecule has 3 N–H and O–H groups in total. The number of fused-ring (bicyclic) bond motifs is 1. The van der Waals surface area contributed by atoms with Crippen molar-refractivity contribution in [2.24, 2.45) is 15.7 Å². The van der Waals surface area contributed by atoms with Crippen LogP contribution in [0.15, 0.2) is 210 Å². The molecule has 2 aliphatic carbocycles. The third-order valence-corrected chi connectivity index (χ3v) is 10.8. The number of nitrogens with one attached hydrogen (secondary N) is 1. The number of anilines is 1. The molecular weight excluding hydrogens is 729 g/mol. The standard InChI is InChI=1S/C43H43N3.C8H11N.C3H6.C2H6/c1-29-13-9-10-15-36-26-33(21-23-40(36)43(29,30(2)28-44)37-16-7-6-8-17-37)34-19-20-35(25-31(3)45-4)39(27-34)42-38-18-12-11-14-32(38)22-24-41(42)46-5;1-4-6-8(5-2)7-9-3;1-3-2;1-2/h6-20,22,24-25,27-28,33,46H,1,4,21,23,26,44H2,2-3,5H3;4-6H,1-3,7H2;3H,1H2,2H3;1-2H3/b13-9-,15-10-,30-28+,31-25-;8-6+;;. The fourth-order valence-corrected chi connectivity index (χ4v) is 8.08. The summed E-state index contributed by atoms with van der Waals surface area (Å²) in [6, 6.07) is 30.7. The van der Waals surface area contributed by atoms with Gasteiger partial charge in [0.2, 0.25) is 0 Å². The number of aliphatic imine (C=N–C) groups is 2. The van der Waals surface area contributed by atoms with Crippen LogP contribution in [0, 0.1) is 0 Å². The van der Waals surface area contributed by atoms with Crippen LogP contribution in [0.25, 0.3) is 28.0 Å². The van der Waals surface area contributed by atoms with Crippen LogP contribution in [0.3, 0.4) is 0 Å². The average molecular weight is 795 g/mol. The summed E-state index contributed by atoms with van der Waals surface area (Å²) >= 11 is 0. The van der Waals surface area contributed by atoms with E-state index in [4.69, 9.17) is 5.73 Å². The molecule has 2 atom stereocenters. The van der Waals surface area contributed by atoms with Crippen molar-refractivity contribution in [3.05, 3.63) is 216 Å². The summed E-state index contributed by atoms with van der Waals surface area (Å²) in [6.45, 7) is 32.9. The number of allylic oxidation sites excluding steroid dienone is 12. The summed E-state index contributed by atoms with van der Waals surface area (Å²) in [4.78, 5) is 7.91. The molecule has 0 heterocycles. The first kappa shape index (κ1) is 47.9. The van der Waals surface area contributed by atoms with E-state index in [1.165, 1.54) is 44.2 Å². The summed E-state index contributed by atoms with van der Waals surface area (Å²) in [5, 5.41) is 5.92. The minimum Gasteiger partial charge on any atom is -0.405 e. The molecule has 0 radical (unpaired) electrons. The summed E-state index contributed by atoms with van der Waals surface area (Å²) in [5.41, 5.74) is 19.9. The molecule has 310 valence electrons. The van der Waals surface area contributed by atoms with Crippen molar-refractivity contribution in [2.45, 2.75) is 65.2 Å². The highest BCUT2D eigenvalue weighted by atomic mass is 14.8. The van der Waals surface area contributed by atoms with Gasteiger partial charge in [-0.3, -0.25) is 9.98 Å². The Bertz CT molecular complexity index is 2330. The molecule has 0 spiro atoms. The van der Waals surface area contributed by atoms with Gasteiger partial charge in [0.1, 0.15) is 0 Å². The SMILES string of the molecule is C=C/C=C(\C=C)CN=C.C=CC.C=N/C(C)=C\c1ccc(C2CCC3=C(/C=C\C=C/C(=C)C3(/C(C)=C/N)c3ccccc3)C2)cc1-c1c(NC)ccc2ccccc12.CC. The monoisotopic (exact) mass is 795 g/mol. The summed E-state index contributed by atoms with van der Waals surface area (Å²) in [7, 11) is 2.00. The number of nitrogens with zero attached hydrogens (tertiary/aromatic N) is 2. The lowest BCUT2D eigenvalue weighted by Gasteiger charge is -2.43. The van der Waals surface area contributed by atoms with Gasteiger partial charge in [0, 0.05) is 24.0 Å². The predicted octanol–water partition coefficient (Wildman–Crippen LogP) is 14.9. The maximum Gasteiger partial charge on any atom is 0.0635 e. The molecule has 2 aliphatic rings. The van der Waals surface area contributed by atoms with E-state index in [0.29, 0.717) is 12.5 Å². The van der Waals surface area contributed by atoms with Gasteiger partial charge in [0.25, 0.3) is 0 Å². The first-order valence-corrected chi connectivity index (χ1v) is 20.8. The molecular formula is C56H66N4. The van der Waals surface area contributed by atoms with Gasteiger partial charge in [-0.1, -0.05) is 161 Å². The molecule has 4 aromatic carbocycles. The highest BCUT2D eigenvalue weighted by Crippen LogP contribution is 2.53. The molecule has 4 aromatic rings. The molecule has 60 heavy (non-hydrogen) atoms. The van der Waals surface area contributed by atoms with Gasteiger partial charge in [-0.15, -0.1) is 6.58 Å². The predicted molar refractivity (Wildman–Crippen MR) is 269 cm³/mol. The third kappa shape index (κ3) is 11.1. The van der Waals surface area contributed by atoms with Crippen LogP contribution in [0.2, 0.25) is 0 Å². The molecule has 0 fully saturated rings. The van der Waals surface area contributed by atoms with Crippen molar-refractivity contribution in [2.75, 3.05) is 18.9 Å². The van der Waals surface area contributed by atoms with E-state index in [9.17, 15) is 0 Å². The van der Waals surface area contributed by atoms with Crippen molar-refractivity contribution < 1.29 is 0 Å². The summed E-state index contributed by atoms with van der Waals surface area (Å²) in [5.74, 6) is 0.360. The minimum absolute atomic E-state index is 0.360. The van der Waals surface area contributed by atoms with Gasteiger partial charge < -0.3 is 11.1 Å². The van der Waals surface area contributed by atoms with Crippen molar-refractivity contribution in [1.29, 1.82) is 0 Å². The average Bonchev–Trinajstić information content (AvgIpc) is 3.28. The fourth-order valence-electron chi connectivity index (χ4n) is 8.08. The van der Waals surface area contributed by atoms with Crippen LogP contribution in [0.5, 0.6) is 0 Å².